The van der Waals surface area contributed by atoms with Crippen LogP contribution < -0.4 is 0 Å². The van der Waals surface area contributed by atoms with Gasteiger partial charge in [-0.3, -0.25) is 0 Å². The van der Waals surface area contributed by atoms with Crippen LogP contribution in [0.4, 0.5) is 0 Å². The van der Waals surface area contributed by atoms with E-state index in [0.29, 0.717) is 6.42 Å². The van der Waals surface area contributed by atoms with Crippen LogP contribution in [0.3, 0.4) is 0 Å². The van der Waals surface area contributed by atoms with Gasteiger partial charge in [-0.2, -0.15) is 0 Å². The SMILES string of the molecule is C=C1CC(O)C(O)C1CO. The highest BCUT2D eigenvalue weighted by atomic mass is 16.3. The molecule has 1 rings (SSSR count). The van der Waals surface area contributed by atoms with Crippen LogP contribution in [-0.4, -0.2) is 34.1 Å². The molecule has 3 unspecified atom stereocenters. The molecular weight excluding hydrogens is 132 g/mol. The van der Waals surface area contributed by atoms with E-state index in [1.54, 1.807) is 0 Å². The lowest BCUT2D eigenvalue weighted by molar-refractivity contribution is 0.00892. The molecule has 3 nitrogen and oxygen atoms in total. The number of hydrogen-bond acceptors (Lipinski definition) is 3. The molecule has 0 aromatic carbocycles. The minimum Gasteiger partial charge on any atom is -0.396 e. The second-order valence-corrected chi connectivity index (χ2v) is 2.71. The van der Waals surface area contributed by atoms with Crippen LogP contribution >= 0.6 is 0 Å². The Kier molecular flexibility index (Phi) is 2.08. The van der Waals surface area contributed by atoms with Gasteiger partial charge >= 0.3 is 0 Å². The molecule has 0 spiro atoms. The third kappa shape index (κ3) is 1.08. The molecule has 0 radical (unpaired) electrons. The summed E-state index contributed by atoms with van der Waals surface area (Å²) in [5, 5.41) is 26.9. The van der Waals surface area contributed by atoms with Crippen molar-refractivity contribution in [1.82, 2.24) is 0 Å². The maximum absolute atomic E-state index is 9.16. The zero-order valence-corrected chi connectivity index (χ0v) is 5.70. The monoisotopic (exact) mass is 144 g/mol. The number of hydrogen-bond donors (Lipinski definition) is 3. The highest BCUT2D eigenvalue weighted by Gasteiger charge is 2.35. The van der Waals surface area contributed by atoms with E-state index >= 15 is 0 Å². The Morgan fingerprint density at radius 1 is 1.50 bits per heavy atom. The van der Waals surface area contributed by atoms with E-state index in [1.165, 1.54) is 0 Å². The normalized spacial score (nSPS) is 40.7. The lowest BCUT2D eigenvalue weighted by atomic mass is 10.0. The largest absolute Gasteiger partial charge is 0.396 e. The predicted molar refractivity (Wildman–Crippen MR) is 36.3 cm³/mol. The summed E-state index contributed by atoms with van der Waals surface area (Å²) in [5.41, 5.74) is 0.738. The van der Waals surface area contributed by atoms with Crippen molar-refractivity contribution in [2.24, 2.45) is 5.92 Å². The van der Waals surface area contributed by atoms with Crippen molar-refractivity contribution < 1.29 is 15.3 Å². The summed E-state index contributed by atoms with van der Waals surface area (Å²) in [6.45, 7) is 3.50. The zero-order chi connectivity index (χ0) is 7.72. The molecule has 1 fully saturated rings. The molecule has 0 saturated heterocycles. The maximum atomic E-state index is 9.16. The van der Waals surface area contributed by atoms with Gasteiger partial charge in [0, 0.05) is 5.92 Å². The first-order chi connectivity index (χ1) is 4.66. The second-order valence-electron chi connectivity index (χ2n) is 2.71. The smallest absolute Gasteiger partial charge is 0.0889 e. The molecule has 0 amide bonds. The summed E-state index contributed by atoms with van der Waals surface area (Å²) in [6, 6.07) is 0. The van der Waals surface area contributed by atoms with Gasteiger partial charge in [0.05, 0.1) is 18.8 Å². The van der Waals surface area contributed by atoms with E-state index in [0.717, 1.165) is 5.57 Å². The van der Waals surface area contributed by atoms with Gasteiger partial charge < -0.3 is 15.3 Å². The van der Waals surface area contributed by atoms with Crippen LogP contribution in [-0.2, 0) is 0 Å². The minimum absolute atomic E-state index is 0.128. The van der Waals surface area contributed by atoms with Crippen LogP contribution in [0.5, 0.6) is 0 Å². The Morgan fingerprint density at radius 2 is 2.10 bits per heavy atom. The van der Waals surface area contributed by atoms with Crippen molar-refractivity contribution in [1.29, 1.82) is 0 Å². The number of rotatable bonds is 1. The quantitative estimate of drug-likeness (QED) is 0.425. The summed E-state index contributed by atoms with van der Waals surface area (Å²) in [4.78, 5) is 0. The average Bonchev–Trinajstić information content (AvgIpc) is 2.09. The fourth-order valence-electron chi connectivity index (χ4n) is 1.29. The Labute approximate surface area is 59.6 Å². The molecule has 0 aromatic heterocycles. The topological polar surface area (TPSA) is 60.7 Å². The molecule has 1 aliphatic rings. The van der Waals surface area contributed by atoms with Crippen LogP contribution in [0.1, 0.15) is 6.42 Å². The lowest BCUT2D eigenvalue weighted by Gasteiger charge is -2.12. The third-order valence-corrected chi connectivity index (χ3v) is 2.00. The van der Waals surface area contributed by atoms with Gasteiger partial charge in [-0.15, -0.1) is 0 Å². The Hall–Kier alpha value is -0.380. The molecule has 10 heavy (non-hydrogen) atoms. The van der Waals surface area contributed by atoms with Crippen LogP contribution in [0.15, 0.2) is 12.2 Å². The Bertz CT molecular complexity index is 144. The van der Waals surface area contributed by atoms with Gasteiger partial charge in [0.25, 0.3) is 0 Å². The molecule has 0 aliphatic heterocycles. The van der Waals surface area contributed by atoms with E-state index < -0.39 is 12.2 Å². The van der Waals surface area contributed by atoms with E-state index in [2.05, 4.69) is 6.58 Å². The van der Waals surface area contributed by atoms with Gasteiger partial charge in [-0.05, 0) is 6.42 Å². The van der Waals surface area contributed by atoms with Crippen molar-refractivity contribution in [2.45, 2.75) is 18.6 Å². The summed E-state index contributed by atoms with van der Waals surface area (Å²) in [6.07, 6.45) is -1.14. The van der Waals surface area contributed by atoms with E-state index in [9.17, 15) is 0 Å². The van der Waals surface area contributed by atoms with Crippen molar-refractivity contribution in [2.75, 3.05) is 6.61 Å². The molecule has 1 aliphatic carbocycles. The van der Waals surface area contributed by atoms with E-state index in [4.69, 9.17) is 15.3 Å². The number of aliphatic hydroxyl groups excluding tert-OH is 3. The lowest BCUT2D eigenvalue weighted by Crippen LogP contribution is -2.26. The summed E-state index contributed by atoms with van der Waals surface area (Å²) in [5.74, 6) is -0.324. The molecule has 3 atom stereocenters. The molecule has 1 saturated carbocycles. The first-order valence-corrected chi connectivity index (χ1v) is 3.31. The van der Waals surface area contributed by atoms with E-state index in [-0.39, 0.29) is 12.5 Å². The predicted octanol–water partition coefficient (Wildman–Crippen LogP) is -0.723. The summed E-state index contributed by atoms with van der Waals surface area (Å²) < 4.78 is 0. The maximum Gasteiger partial charge on any atom is 0.0889 e. The fourth-order valence-corrected chi connectivity index (χ4v) is 1.29. The first-order valence-electron chi connectivity index (χ1n) is 3.31. The third-order valence-electron chi connectivity index (χ3n) is 2.00. The molecule has 58 valence electrons. The van der Waals surface area contributed by atoms with Gasteiger partial charge in [0.1, 0.15) is 0 Å². The molecule has 0 heterocycles. The zero-order valence-electron chi connectivity index (χ0n) is 5.70. The fraction of sp³-hybridized carbons (Fsp3) is 0.714. The molecule has 0 aromatic rings. The van der Waals surface area contributed by atoms with Crippen LogP contribution in [0.25, 0.3) is 0 Å². The minimum atomic E-state index is -0.822. The second kappa shape index (κ2) is 2.70. The van der Waals surface area contributed by atoms with Gasteiger partial charge in [0.2, 0.25) is 0 Å². The standard InChI is InChI=1S/C7H12O3/c1-4-2-6(9)7(10)5(4)3-8/h5-10H,1-3H2. The Balaban J connectivity index is 2.64. The van der Waals surface area contributed by atoms with Crippen molar-refractivity contribution >= 4 is 0 Å². The van der Waals surface area contributed by atoms with Gasteiger partial charge in [-0.25, -0.2) is 0 Å². The molecular formula is C7H12O3. The molecule has 3 heteroatoms. The number of aliphatic hydroxyl groups is 3. The van der Waals surface area contributed by atoms with Crippen molar-refractivity contribution in [3.05, 3.63) is 12.2 Å². The summed E-state index contributed by atoms with van der Waals surface area (Å²) in [7, 11) is 0. The molecule has 3 N–H and O–H groups in total. The van der Waals surface area contributed by atoms with Crippen LogP contribution in [0, 0.1) is 5.92 Å². The highest BCUT2D eigenvalue weighted by Crippen LogP contribution is 2.29. The average molecular weight is 144 g/mol. The van der Waals surface area contributed by atoms with Gasteiger partial charge in [0.15, 0.2) is 0 Å². The highest BCUT2D eigenvalue weighted by molar-refractivity contribution is 5.13. The van der Waals surface area contributed by atoms with Crippen molar-refractivity contribution in [3.63, 3.8) is 0 Å². The van der Waals surface area contributed by atoms with Crippen molar-refractivity contribution in [3.8, 4) is 0 Å². The van der Waals surface area contributed by atoms with Crippen LogP contribution in [0.2, 0.25) is 0 Å². The Morgan fingerprint density at radius 3 is 2.30 bits per heavy atom. The first kappa shape index (κ1) is 7.72. The van der Waals surface area contributed by atoms with Gasteiger partial charge in [-0.1, -0.05) is 12.2 Å². The van der Waals surface area contributed by atoms with E-state index in [1.807, 2.05) is 0 Å². The summed E-state index contributed by atoms with van der Waals surface area (Å²) >= 11 is 0. The molecule has 0 bridgehead atoms.